The van der Waals surface area contributed by atoms with Crippen LogP contribution in [-0.2, 0) is 6.54 Å². The fourth-order valence-corrected chi connectivity index (χ4v) is 1.90. The molecule has 0 spiro atoms. The molecule has 5 heteroatoms. The fourth-order valence-electron chi connectivity index (χ4n) is 1.70. The molecule has 4 nitrogen and oxygen atoms in total. The lowest BCUT2D eigenvalue weighted by molar-refractivity contribution is 0.104. The molecule has 0 fully saturated rings. The Balaban J connectivity index is 2.23. The number of ketones is 1. The van der Waals surface area contributed by atoms with Crippen molar-refractivity contribution in [1.82, 2.24) is 9.78 Å². The van der Waals surface area contributed by atoms with Crippen molar-refractivity contribution < 1.29 is 9.90 Å². The van der Waals surface area contributed by atoms with E-state index in [1.165, 1.54) is 18.2 Å². The predicted molar refractivity (Wildman–Crippen MR) is 74.4 cm³/mol. The molecule has 1 aromatic carbocycles. The summed E-state index contributed by atoms with van der Waals surface area (Å²) in [6.07, 6.45) is 4.60. The zero-order chi connectivity index (χ0) is 13.8. The molecule has 0 aliphatic rings. The first-order chi connectivity index (χ1) is 9.11. The molecule has 19 heavy (non-hydrogen) atoms. The van der Waals surface area contributed by atoms with E-state index in [2.05, 4.69) is 5.10 Å². The molecule has 0 aliphatic carbocycles. The molecule has 2 aromatic rings. The summed E-state index contributed by atoms with van der Waals surface area (Å²) in [5.74, 6) is -0.133. The molecule has 0 saturated heterocycles. The first kappa shape index (κ1) is 13.4. The van der Waals surface area contributed by atoms with Crippen LogP contribution in [0.25, 0.3) is 6.08 Å². The largest absolute Gasteiger partial charge is 0.508 e. The maximum atomic E-state index is 11.9. The summed E-state index contributed by atoms with van der Waals surface area (Å²) in [7, 11) is 0. The summed E-state index contributed by atoms with van der Waals surface area (Å²) < 4.78 is 1.70. The van der Waals surface area contributed by atoms with Gasteiger partial charge in [0.05, 0.1) is 16.9 Å². The number of hydrogen-bond acceptors (Lipinski definition) is 3. The minimum Gasteiger partial charge on any atom is -0.508 e. The molecule has 1 heterocycles. The molecule has 98 valence electrons. The van der Waals surface area contributed by atoms with Crippen LogP contribution in [0.4, 0.5) is 0 Å². The van der Waals surface area contributed by atoms with Crippen LogP contribution < -0.4 is 0 Å². The van der Waals surface area contributed by atoms with Crippen LogP contribution in [0.15, 0.2) is 36.5 Å². The van der Waals surface area contributed by atoms with Crippen LogP contribution in [0.1, 0.15) is 23.0 Å². The minimum absolute atomic E-state index is 0.0656. The van der Waals surface area contributed by atoms with E-state index in [-0.39, 0.29) is 11.5 Å². The summed E-state index contributed by atoms with van der Waals surface area (Å²) in [6.45, 7) is 2.62. The lowest BCUT2D eigenvalue weighted by Gasteiger charge is -2.00. The van der Waals surface area contributed by atoms with E-state index in [1.54, 1.807) is 29.1 Å². The first-order valence-electron chi connectivity index (χ1n) is 5.84. The highest BCUT2D eigenvalue weighted by atomic mass is 35.5. The van der Waals surface area contributed by atoms with Crippen LogP contribution in [-0.4, -0.2) is 20.7 Å². The van der Waals surface area contributed by atoms with Crippen molar-refractivity contribution in [3.05, 3.63) is 52.8 Å². The molecule has 0 atom stereocenters. The van der Waals surface area contributed by atoms with Crippen LogP contribution in [0.5, 0.6) is 5.75 Å². The van der Waals surface area contributed by atoms with Gasteiger partial charge in [-0.3, -0.25) is 9.48 Å². The summed E-state index contributed by atoms with van der Waals surface area (Å²) in [5, 5.41) is 13.9. The summed E-state index contributed by atoms with van der Waals surface area (Å²) in [6, 6.07) is 6.21. The Kier molecular flexibility index (Phi) is 4.02. The molecular weight excluding hydrogens is 264 g/mol. The Morgan fingerprint density at radius 2 is 2.32 bits per heavy atom. The smallest absolute Gasteiger partial charge is 0.186 e. The van der Waals surface area contributed by atoms with Gasteiger partial charge in [0.15, 0.2) is 5.78 Å². The standard InChI is InChI=1S/C14H13ClN2O2/c1-2-17-13(12(15)9-16-17)6-7-14(19)10-4-3-5-11(18)8-10/h3-9,18H,2H2,1H3/b7-6+. The summed E-state index contributed by atoms with van der Waals surface area (Å²) in [4.78, 5) is 11.9. The highest BCUT2D eigenvalue weighted by Crippen LogP contribution is 2.17. The third kappa shape index (κ3) is 3.03. The lowest BCUT2D eigenvalue weighted by Crippen LogP contribution is -1.99. The van der Waals surface area contributed by atoms with Gasteiger partial charge >= 0.3 is 0 Å². The highest BCUT2D eigenvalue weighted by molar-refractivity contribution is 6.31. The van der Waals surface area contributed by atoms with Gasteiger partial charge in [-0.2, -0.15) is 5.10 Å². The summed E-state index contributed by atoms with van der Waals surface area (Å²) in [5.41, 5.74) is 1.12. The van der Waals surface area contributed by atoms with Crippen molar-refractivity contribution in [1.29, 1.82) is 0 Å². The van der Waals surface area contributed by atoms with E-state index >= 15 is 0 Å². The second-order valence-electron chi connectivity index (χ2n) is 3.94. The number of phenolic OH excluding ortho intramolecular Hbond substituents is 1. The molecule has 0 aliphatic heterocycles. The molecule has 2 rings (SSSR count). The van der Waals surface area contributed by atoms with Gasteiger partial charge in [0, 0.05) is 12.1 Å². The van der Waals surface area contributed by atoms with Crippen molar-refractivity contribution in [2.24, 2.45) is 0 Å². The van der Waals surface area contributed by atoms with E-state index in [0.29, 0.717) is 22.8 Å². The molecule has 0 unspecified atom stereocenters. The van der Waals surface area contributed by atoms with Crippen molar-refractivity contribution in [2.45, 2.75) is 13.5 Å². The number of carbonyl (C=O) groups is 1. The Hall–Kier alpha value is -2.07. The van der Waals surface area contributed by atoms with E-state index < -0.39 is 0 Å². The zero-order valence-electron chi connectivity index (χ0n) is 10.4. The minimum atomic E-state index is -0.198. The second kappa shape index (κ2) is 5.71. The number of nitrogens with zero attached hydrogens (tertiary/aromatic N) is 2. The van der Waals surface area contributed by atoms with Gasteiger partial charge in [-0.15, -0.1) is 0 Å². The Morgan fingerprint density at radius 1 is 1.53 bits per heavy atom. The number of carbonyl (C=O) groups excluding carboxylic acids is 1. The Bertz CT molecular complexity index is 632. The van der Waals surface area contributed by atoms with E-state index in [9.17, 15) is 9.90 Å². The van der Waals surface area contributed by atoms with Gasteiger partial charge in [-0.1, -0.05) is 23.7 Å². The number of allylic oxidation sites excluding steroid dienone is 1. The van der Waals surface area contributed by atoms with Gasteiger partial charge in [0.1, 0.15) is 5.75 Å². The highest BCUT2D eigenvalue weighted by Gasteiger charge is 2.06. The molecule has 1 aromatic heterocycles. The van der Waals surface area contributed by atoms with Crippen molar-refractivity contribution >= 4 is 23.5 Å². The lowest BCUT2D eigenvalue weighted by atomic mass is 10.1. The topological polar surface area (TPSA) is 55.1 Å². The van der Waals surface area contributed by atoms with Gasteiger partial charge in [0.25, 0.3) is 0 Å². The number of aromatic hydroxyl groups is 1. The third-order valence-electron chi connectivity index (χ3n) is 2.66. The predicted octanol–water partition coefficient (Wildman–Crippen LogP) is 3.16. The quantitative estimate of drug-likeness (QED) is 0.689. The van der Waals surface area contributed by atoms with Gasteiger partial charge in [-0.05, 0) is 31.2 Å². The number of hydrogen-bond donors (Lipinski definition) is 1. The van der Waals surface area contributed by atoms with Crippen LogP contribution in [0.3, 0.4) is 0 Å². The fraction of sp³-hybridized carbons (Fsp3) is 0.143. The molecule has 1 N–H and O–H groups in total. The van der Waals surface area contributed by atoms with Crippen molar-refractivity contribution in [2.75, 3.05) is 0 Å². The molecular formula is C14H13ClN2O2. The number of rotatable bonds is 4. The normalized spacial score (nSPS) is 11.1. The maximum absolute atomic E-state index is 11.9. The Labute approximate surface area is 115 Å². The van der Waals surface area contributed by atoms with Gasteiger partial charge in [0.2, 0.25) is 0 Å². The number of benzene rings is 1. The van der Waals surface area contributed by atoms with Crippen molar-refractivity contribution in [3.63, 3.8) is 0 Å². The monoisotopic (exact) mass is 276 g/mol. The molecule has 0 amide bonds. The Morgan fingerprint density at radius 3 is 3.00 bits per heavy atom. The number of halogens is 1. The van der Waals surface area contributed by atoms with E-state index in [4.69, 9.17) is 11.6 Å². The number of aryl methyl sites for hydroxylation is 1. The number of aromatic nitrogens is 2. The van der Waals surface area contributed by atoms with E-state index in [0.717, 1.165) is 0 Å². The second-order valence-corrected chi connectivity index (χ2v) is 4.35. The molecule has 0 bridgehead atoms. The maximum Gasteiger partial charge on any atom is 0.186 e. The third-order valence-corrected chi connectivity index (χ3v) is 2.95. The van der Waals surface area contributed by atoms with Crippen LogP contribution >= 0.6 is 11.6 Å². The summed E-state index contributed by atoms with van der Waals surface area (Å²) >= 11 is 5.99. The van der Waals surface area contributed by atoms with Crippen molar-refractivity contribution in [3.8, 4) is 5.75 Å². The van der Waals surface area contributed by atoms with Crippen LogP contribution in [0.2, 0.25) is 5.02 Å². The average molecular weight is 277 g/mol. The van der Waals surface area contributed by atoms with Gasteiger partial charge in [-0.25, -0.2) is 0 Å². The van der Waals surface area contributed by atoms with Crippen LogP contribution in [0, 0.1) is 0 Å². The zero-order valence-corrected chi connectivity index (χ0v) is 11.1. The molecule has 0 radical (unpaired) electrons. The SMILES string of the molecule is CCn1ncc(Cl)c1/C=C/C(=O)c1cccc(O)c1. The average Bonchev–Trinajstić information content (AvgIpc) is 2.76. The van der Waals surface area contributed by atoms with E-state index in [1.807, 2.05) is 6.92 Å². The number of phenols is 1. The first-order valence-corrected chi connectivity index (χ1v) is 6.22. The van der Waals surface area contributed by atoms with Gasteiger partial charge < -0.3 is 5.11 Å². The molecule has 0 saturated carbocycles.